The molecule has 2 atom stereocenters. The predicted octanol–water partition coefficient (Wildman–Crippen LogP) is 4.02. The van der Waals surface area contributed by atoms with Crippen molar-refractivity contribution < 1.29 is 9.53 Å². The standard InChI is InChI=1S/C20H26N2O3S/c1-12-8-9-15-16(10-12)26-18-17(15)19(23)22(11-21-18)13(2)20(24)25-14-6-4-3-5-7-14/h11-14H,3-10H2,1-2H3/t12-,13+/m0/s1. The highest BCUT2D eigenvalue weighted by molar-refractivity contribution is 7.18. The zero-order chi connectivity index (χ0) is 18.3. The minimum atomic E-state index is -0.639. The molecule has 0 bridgehead atoms. The van der Waals surface area contributed by atoms with Crippen LogP contribution in [0.4, 0.5) is 0 Å². The van der Waals surface area contributed by atoms with E-state index < -0.39 is 6.04 Å². The van der Waals surface area contributed by atoms with Crippen LogP contribution < -0.4 is 5.56 Å². The first-order valence-corrected chi connectivity index (χ1v) is 10.6. The summed E-state index contributed by atoms with van der Waals surface area (Å²) in [5.74, 6) is 0.333. The van der Waals surface area contributed by atoms with Crippen molar-refractivity contribution in [1.29, 1.82) is 0 Å². The van der Waals surface area contributed by atoms with Crippen LogP contribution in [0.3, 0.4) is 0 Å². The number of hydrogen-bond acceptors (Lipinski definition) is 5. The smallest absolute Gasteiger partial charge is 0.329 e. The lowest BCUT2D eigenvalue weighted by Gasteiger charge is -2.24. The molecule has 2 aliphatic carbocycles. The molecule has 140 valence electrons. The second-order valence-electron chi connectivity index (χ2n) is 7.86. The van der Waals surface area contributed by atoms with Crippen LogP contribution in [0.25, 0.3) is 10.2 Å². The van der Waals surface area contributed by atoms with Gasteiger partial charge in [0.15, 0.2) is 0 Å². The Morgan fingerprint density at radius 3 is 2.85 bits per heavy atom. The zero-order valence-electron chi connectivity index (χ0n) is 15.5. The lowest BCUT2D eigenvalue weighted by atomic mass is 9.89. The number of fused-ring (bicyclic) bond motifs is 3. The first-order valence-electron chi connectivity index (χ1n) is 9.76. The topological polar surface area (TPSA) is 61.2 Å². The summed E-state index contributed by atoms with van der Waals surface area (Å²) >= 11 is 1.63. The number of carbonyl (C=O) groups excluding carboxylic acids is 1. The van der Waals surface area contributed by atoms with E-state index in [0.29, 0.717) is 5.92 Å². The van der Waals surface area contributed by atoms with Gasteiger partial charge in [-0.05, 0) is 63.4 Å². The van der Waals surface area contributed by atoms with E-state index in [0.717, 1.165) is 60.7 Å². The second kappa shape index (κ2) is 7.14. The van der Waals surface area contributed by atoms with Gasteiger partial charge in [-0.1, -0.05) is 13.3 Å². The largest absolute Gasteiger partial charge is 0.461 e. The Morgan fingerprint density at radius 1 is 1.31 bits per heavy atom. The molecule has 26 heavy (non-hydrogen) atoms. The molecule has 2 aromatic rings. The molecule has 0 unspecified atom stereocenters. The van der Waals surface area contributed by atoms with Crippen molar-refractivity contribution in [1.82, 2.24) is 9.55 Å². The van der Waals surface area contributed by atoms with Crippen LogP contribution in [0.2, 0.25) is 0 Å². The number of rotatable bonds is 3. The van der Waals surface area contributed by atoms with E-state index in [1.807, 2.05) is 0 Å². The van der Waals surface area contributed by atoms with Gasteiger partial charge in [0.25, 0.3) is 5.56 Å². The third-order valence-corrected chi connectivity index (χ3v) is 7.00. The van der Waals surface area contributed by atoms with Crippen LogP contribution in [-0.4, -0.2) is 21.6 Å². The fourth-order valence-electron chi connectivity index (χ4n) is 4.18. The van der Waals surface area contributed by atoms with Crippen molar-refractivity contribution in [2.75, 3.05) is 0 Å². The van der Waals surface area contributed by atoms with Gasteiger partial charge < -0.3 is 4.74 Å². The van der Waals surface area contributed by atoms with Crippen LogP contribution in [0.5, 0.6) is 0 Å². The molecule has 1 saturated carbocycles. The number of carbonyl (C=O) groups is 1. The Bertz CT molecular complexity index is 879. The molecule has 0 spiro atoms. The molecular weight excluding hydrogens is 348 g/mol. The molecule has 0 saturated heterocycles. The maximum Gasteiger partial charge on any atom is 0.329 e. The summed E-state index contributed by atoms with van der Waals surface area (Å²) in [6, 6.07) is -0.639. The maximum atomic E-state index is 13.1. The van der Waals surface area contributed by atoms with Gasteiger partial charge in [-0.2, -0.15) is 0 Å². The number of thiophene rings is 1. The zero-order valence-corrected chi connectivity index (χ0v) is 16.3. The van der Waals surface area contributed by atoms with Crippen LogP contribution in [0, 0.1) is 5.92 Å². The molecule has 2 aliphatic rings. The quantitative estimate of drug-likeness (QED) is 0.761. The fourth-order valence-corrected chi connectivity index (χ4v) is 5.52. The number of esters is 1. The second-order valence-corrected chi connectivity index (χ2v) is 8.95. The number of aromatic nitrogens is 2. The molecule has 2 aromatic heterocycles. The Morgan fingerprint density at radius 2 is 2.08 bits per heavy atom. The molecule has 0 N–H and O–H groups in total. The van der Waals surface area contributed by atoms with E-state index >= 15 is 0 Å². The molecular formula is C20H26N2O3S. The van der Waals surface area contributed by atoms with Gasteiger partial charge in [0, 0.05) is 4.88 Å². The van der Waals surface area contributed by atoms with Gasteiger partial charge in [-0.3, -0.25) is 9.36 Å². The third kappa shape index (κ3) is 3.20. The normalized spacial score (nSPS) is 22.2. The highest BCUT2D eigenvalue weighted by Gasteiger charge is 2.27. The summed E-state index contributed by atoms with van der Waals surface area (Å²) in [6.45, 7) is 3.99. The van der Waals surface area contributed by atoms with Crippen molar-refractivity contribution in [3.63, 3.8) is 0 Å². The Hall–Kier alpha value is -1.69. The molecule has 0 aliphatic heterocycles. The van der Waals surface area contributed by atoms with Crippen LogP contribution in [0.1, 0.15) is 68.9 Å². The number of hydrogen-bond donors (Lipinski definition) is 0. The average molecular weight is 375 g/mol. The highest BCUT2D eigenvalue weighted by Crippen LogP contribution is 2.35. The fraction of sp³-hybridized carbons (Fsp3) is 0.650. The first kappa shape index (κ1) is 17.7. The van der Waals surface area contributed by atoms with E-state index in [-0.39, 0.29) is 17.6 Å². The van der Waals surface area contributed by atoms with Gasteiger partial charge in [0.05, 0.1) is 11.7 Å². The van der Waals surface area contributed by atoms with E-state index in [4.69, 9.17) is 4.74 Å². The maximum absolute atomic E-state index is 13.1. The molecule has 0 radical (unpaired) electrons. The van der Waals surface area contributed by atoms with E-state index in [1.54, 1.807) is 18.3 Å². The van der Waals surface area contributed by atoms with Crippen molar-refractivity contribution in [3.8, 4) is 0 Å². The molecule has 0 aromatic carbocycles. The van der Waals surface area contributed by atoms with Gasteiger partial charge in [-0.25, -0.2) is 9.78 Å². The van der Waals surface area contributed by atoms with Crippen LogP contribution >= 0.6 is 11.3 Å². The summed E-state index contributed by atoms with van der Waals surface area (Å²) < 4.78 is 7.12. The van der Waals surface area contributed by atoms with Crippen molar-refractivity contribution >= 4 is 27.5 Å². The number of aryl methyl sites for hydroxylation is 1. The van der Waals surface area contributed by atoms with Crippen molar-refractivity contribution in [2.45, 2.75) is 77.4 Å². The summed E-state index contributed by atoms with van der Waals surface area (Å²) in [4.78, 5) is 32.3. The van der Waals surface area contributed by atoms with E-state index in [9.17, 15) is 9.59 Å². The molecule has 4 rings (SSSR count). The minimum Gasteiger partial charge on any atom is -0.461 e. The highest BCUT2D eigenvalue weighted by atomic mass is 32.1. The lowest BCUT2D eigenvalue weighted by molar-refractivity contribution is -0.154. The molecule has 1 fully saturated rings. The number of ether oxygens (including phenoxy) is 1. The third-order valence-electron chi connectivity index (χ3n) is 5.83. The molecule has 6 heteroatoms. The average Bonchev–Trinajstić information content (AvgIpc) is 3.00. The molecule has 2 heterocycles. The Kier molecular flexibility index (Phi) is 4.86. The Labute approximate surface area is 157 Å². The number of nitrogens with zero attached hydrogens (tertiary/aromatic N) is 2. The first-order chi connectivity index (χ1) is 12.5. The SMILES string of the molecule is C[C@H]1CCc2c(sc3ncn([C@H](C)C(=O)OC4CCCCC4)c(=O)c23)C1. The summed E-state index contributed by atoms with van der Waals surface area (Å²) in [5.41, 5.74) is 1.05. The predicted molar refractivity (Wildman–Crippen MR) is 103 cm³/mol. The monoisotopic (exact) mass is 374 g/mol. The van der Waals surface area contributed by atoms with Gasteiger partial charge >= 0.3 is 5.97 Å². The van der Waals surface area contributed by atoms with Gasteiger partial charge in [0.2, 0.25) is 0 Å². The Balaban J connectivity index is 1.63. The van der Waals surface area contributed by atoms with Crippen LogP contribution in [0.15, 0.2) is 11.1 Å². The molecule has 0 amide bonds. The lowest BCUT2D eigenvalue weighted by Crippen LogP contribution is -2.32. The minimum absolute atomic E-state index is 0.00138. The summed E-state index contributed by atoms with van der Waals surface area (Å²) in [7, 11) is 0. The van der Waals surface area contributed by atoms with E-state index in [2.05, 4.69) is 11.9 Å². The van der Waals surface area contributed by atoms with Gasteiger partial charge in [-0.15, -0.1) is 11.3 Å². The molecule has 5 nitrogen and oxygen atoms in total. The summed E-state index contributed by atoms with van der Waals surface area (Å²) in [6.07, 6.45) is 9.87. The van der Waals surface area contributed by atoms with Crippen LogP contribution in [-0.2, 0) is 22.4 Å². The van der Waals surface area contributed by atoms with Crippen molar-refractivity contribution in [2.24, 2.45) is 5.92 Å². The van der Waals surface area contributed by atoms with E-state index in [1.165, 1.54) is 22.2 Å². The van der Waals surface area contributed by atoms with Crippen molar-refractivity contribution in [3.05, 3.63) is 27.1 Å². The van der Waals surface area contributed by atoms with Gasteiger partial charge in [0.1, 0.15) is 17.0 Å². The summed E-state index contributed by atoms with van der Waals surface area (Å²) in [5, 5.41) is 0.719.